The van der Waals surface area contributed by atoms with E-state index < -0.39 is 16.1 Å². The van der Waals surface area contributed by atoms with Gasteiger partial charge >= 0.3 is 0 Å². The molecule has 0 saturated carbocycles. The molecule has 206 valence electrons. The number of halogens is 1. The minimum Gasteiger partial charge on any atom is -0.497 e. The van der Waals surface area contributed by atoms with E-state index in [2.05, 4.69) is 10.6 Å². The molecule has 10 heteroatoms. The van der Waals surface area contributed by atoms with Gasteiger partial charge in [-0.25, -0.2) is 8.42 Å². The molecule has 0 radical (unpaired) electrons. The van der Waals surface area contributed by atoms with Gasteiger partial charge in [0.15, 0.2) is 0 Å². The SMILES string of the molecule is COc1ccc([C@@H](C)NC(=O)c2ccc(CN([C@@H]3CCCCNC3=O)S(=O)(=O)c3ccc(Cl)cc3)cc2)cc1. The average molecular weight is 570 g/mol. The highest BCUT2D eigenvalue weighted by Crippen LogP contribution is 2.26. The van der Waals surface area contributed by atoms with Gasteiger partial charge in [0.25, 0.3) is 5.91 Å². The van der Waals surface area contributed by atoms with Crippen molar-refractivity contribution >= 4 is 33.4 Å². The third-order valence-corrected chi connectivity index (χ3v) is 8.91. The van der Waals surface area contributed by atoms with Crippen LogP contribution in [0.5, 0.6) is 5.75 Å². The smallest absolute Gasteiger partial charge is 0.251 e. The van der Waals surface area contributed by atoms with Crippen molar-refractivity contribution in [1.29, 1.82) is 0 Å². The predicted molar refractivity (Wildman–Crippen MR) is 150 cm³/mol. The fraction of sp³-hybridized carbons (Fsp3) is 0.310. The molecule has 0 aliphatic carbocycles. The summed E-state index contributed by atoms with van der Waals surface area (Å²) in [5.74, 6) is 0.175. The van der Waals surface area contributed by atoms with Crippen molar-refractivity contribution in [2.75, 3.05) is 13.7 Å². The van der Waals surface area contributed by atoms with E-state index in [4.69, 9.17) is 16.3 Å². The molecule has 1 aliphatic rings. The number of rotatable bonds is 9. The molecule has 2 atom stereocenters. The number of amides is 2. The molecule has 1 aliphatic heterocycles. The van der Waals surface area contributed by atoms with Crippen LogP contribution in [0.4, 0.5) is 0 Å². The minimum atomic E-state index is -4.02. The van der Waals surface area contributed by atoms with Crippen molar-refractivity contribution in [1.82, 2.24) is 14.9 Å². The molecular weight excluding hydrogens is 538 g/mol. The number of benzene rings is 3. The van der Waals surface area contributed by atoms with Gasteiger partial charge in [-0.3, -0.25) is 9.59 Å². The van der Waals surface area contributed by atoms with E-state index in [0.29, 0.717) is 29.1 Å². The van der Waals surface area contributed by atoms with E-state index in [0.717, 1.165) is 24.2 Å². The lowest BCUT2D eigenvalue weighted by Crippen LogP contribution is -2.48. The molecule has 0 bridgehead atoms. The predicted octanol–water partition coefficient (Wildman–Crippen LogP) is 4.70. The maximum atomic E-state index is 13.7. The first-order chi connectivity index (χ1) is 18.7. The van der Waals surface area contributed by atoms with E-state index >= 15 is 0 Å². The molecule has 1 fully saturated rings. The highest BCUT2D eigenvalue weighted by molar-refractivity contribution is 7.89. The molecule has 3 aromatic rings. The topological polar surface area (TPSA) is 105 Å². The quantitative estimate of drug-likeness (QED) is 0.389. The Morgan fingerprint density at radius 1 is 1.05 bits per heavy atom. The lowest BCUT2D eigenvalue weighted by Gasteiger charge is -2.29. The van der Waals surface area contributed by atoms with Crippen molar-refractivity contribution in [2.24, 2.45) is 0 Å². The lowest BCUT2D eigenvalue weighted by molar-refractivity contribution is -0.124. The Morgan fingerprint density at radius 3 is 2.36 bits per heavy atom. The molecule has 3 aromatic carbocycles. The minimum absolute atomic E-state index is 0.0206. The van der Waals surface area contributed by atoms with Crippen LogP contribution in [0.3, 0.4) is 0 Å². The van der Waals surface area contributed by atoms with Crippen LogP contribution < -0.4 is 15.4 Å². The zero-order chi connectivity index (χ0) is 28.0. The summed E-state index contributed by atoms with van der Waals surface area (Å²) in [5, 5.41) is 6.22. The van der Waals surface area contributed by atoms with Crippen molar-refractivity contribution in [2.45, 2.75) is 49.7 Å². The fourth-order valence-corrected chi connectivity index (χ4v) is 6.23. The zero-order valence-corrected chi connectivity index (χ0v) is 23.5. The van der Waals surface area contributed by atoms with E-state index in [1.165, 1.54) is 28.6 Å². The number of carbonyl (C=O) groups is 2. The van der Waals surface area contributed by atoms with Crippen molar-refractivity contribution in [3.8, 4) is 5.75 Å². The Hall–Kier alpha value is -3.40. The zero-order valence-electron chi connectivity index (χ0n) is 21.9. The van der Waals surface area contributed by atoms with Crippen LogP contribution in [0.15, 0.2) is 77.7 Å². The van der Waals surface area contributed by atoms with Crippen molar-refractivity contribution in [3.05, 3.63) is 94.5 Å². The van der Waals surface area contributed by atoms with Crippen LogP contribution in [0.2, 0.25) is 5.02 Å². The maximum Gasteiger partial charge on any atom is 0.251 e. The number of sulfonamides is 1. The summed E-state index contributed by atoms with van der Waals surface area (Å²) in [6.45, 7) is 2.39. The van der Waals surface area contributed by atoms with Gasteiger partial charge in [0.05, 0.1) is 18.0 Å². The largest absolute Gasteiger partial charge is 0.497 e. The van der Waals surface area contributed by atoms with Gasteiger partial charge in [-0.05, 0) is 85.8 Å². The maximum absolute atomic E-state index is 13.7. The first-order valence-corrected chi connectivity index (χ1v) is 14.6. The molecule has 1 saturated heterocycles. The summed E-state index contributed by atoms with van der Waals surface area (Å²) in [7, 11) is -2.42. The number of methoxy groups -OCH3 is 1. The van der Waals surface area contributed by atoms with Crippen LogP contribution in [-0.4, -0.2) is 44.2 Å². The third-order valence-electron chi connectivity index (χ3n) is 6.79. The van der Waals surface area contributed by atoms with Crippen LogP contribution in [-0.2, 0) is 21.4 Å². The van der Waals surface area contributed by atoms with Crippen molar-refractivity contribution < 1.29 is 22.7 Å². The summed E-state index contributed by atoms with van der Waals surface area (Å²) in [6, 6.07) is 19.1. The van der Waals surface area contributed by atoms with Gasteiger partial charge < -0.3 is 15.4 Å². The van der Waals surface area contributed by atoms with Gasteiger partial charge in [-0.2, -0.15) is 4.31 Å². The normalized spacial score (nSPS) is 16.7. The lowest BCUT2D eigenvalue weighted by atomic mass is 10.1. The molecule has 8 nitrogen and oxygen atoms in total. The number of nitrogens with one attached hydrogen (secondary N) is 2. The molecule has 2 N–H and O–H groups in total. The third kappa shape index (κ3) is 6.98. The highest BCUT2D eigenvalue weighted by atomic mass is 35.5. The Labute approximate surface area is 234 Å². The standard InChI is InChI=1S/C29H32ClN3O5S/c1-20(22-10-14-25(38-2)15-11-22)32-28(34)23-8-6-21(7-9-23)19-33(27-5-3-4-18-31-29(27)35)39(36,37)26-16-12-24(30)13-17-26/h6-17,20,27H,3-5,18-19H2,1-2H3,(H,31,35)(H,32,34)/t20-,27-/m1/s1. The van der Waals surface area contributed by atoms with Crippen molar-refractivity contribution in [3.63, 3.8) is 0 Å². The number of nitrogens with zero attached hydrogens (tertiary/aromatic N) is 1. The summed E-state index contributed by atoms with van der Waals surface area (Å²) < 4.78 is 33.8. The number of hydrogen-bond donors (Lipinski definition) is 2. The van der Waals surface area contributed by atoms with E-state index in [9.17, 15) is 18.0 Å². The first-order valence-electron chi connectivity index (χ1n) is 12.8. The van der Waals surface area contributed by atoms with Gasteiger partial charge in [0.2, 0.25) is 15.9 Å². The fourth-order valence-electron chi connectivity index (χ4n) is 4.50. The van der Waals surface area contributed by atoms with Gasteiger partial charge in [-0.1, -0.05) is 35.9 Å². The molecule has 0 aromatic heterocycles. The van der Waals surface area contributed by atoms with Gasteiger partial charge in [0, 0.05) is 23.7 Å². The number of ether oxygens (including phenoxy) is 1. The Kier molecular flexibility index (Phi) is 9.27. The average Bonchev–Trinajstić information content (AvgIpc) is 3.16. The number of hydrogen-bond acceptors (Lipinski definition) is 5. The Bertz CT molecular complexity index is 1390. The van der Waals surface area contributed by atoms with Crippen LogP contribution in [0.1, 0.15) is 53.7 Å². The summed E-state index contributed by atoms with van der Waals surface area (Å²) in [5.41, 5.74) is 2.04. The Morgan fingerprint density at radius 2 is 1.72 bits per heavy atom. The van der Waals surface area contributed by atoms with Gasteiger partial charge in [-0.15, -0.1) is 0 Å². The van der Waals surface area contributed by atoms with Gasteiger partial charge in [0.1, 0.15) is 11.8 Å². The van der Waals surface area contributed by atoms with E-state index in [1.54, 1.807) is 31.4 Å². The van der Waals surface area contributed by atoms with E-state index in [-0.39, 0.29) is 29.3 Å². The molecular formula is C29H32ClN3O5S. The molecule has 0 unspecified atom stereocenters. The molecule has 39 heavy (non-hydrogen) atoms. The number of carbonyl (C=O) groups excluding carboxylic acids is 2. The van der Waals surface area contributed by atoms with Crippen LogP contribution >= 0.6 is 11.6 Å². The van der Waals surface area contributed by atoms with E-state index in [1.807, 2.05) is 31.2 Å². The second-order valence-electron chi connectivity index (χ2n) is 9.47. The second kappa shape index (κ2) is 12.6. The molecule has 2 amide bonds. The molecule has 0 spiro atoms. The summed E-state index contributed by atoms with van der Waals surface area (Å²) >= 11 is 5.97. The second-order valence-corrected chi connectivity index (χ2v) is 11.8. The molecule has 4 rings (SSSR count). The summed E-state index contributed by atoms with van der Waals surface area (Å²) in [4.78, 5) is 25.8. The monoisotopic (exact) mass is 569 g/mol. The van der Waals surface area contributed by atoms with Crippen LogP contribution in [0.25, 0.3) is 0 Å². The Balaban J connectivity index is 1.53. The highest BCUT2D eigenvalue weighted by Gasteiger charge is 2.36. The van der Waals surface area contributed by atoms with Crippen LogP contribution in [0, 0.1) is 0 Å². The first kappa shape index (κ1) is 28.6. The summed E-state index contributed by atoms with van der Waals surface area (Å²) in [6.07, 6.45) is 1.93. The molecule has 1 heterocycles.